The molecule has 0 saturated carbocycles. The van der Waals surface area contributed by atoms with Crippen LogP contribution in [0.25, 0.3) is 32.3 Å². The van der Waals surface area contributed by atoms with Gasteiger partial charge in [-0.25, -0.2) is 0 Å². The molecule has 6 aromatic rings. The first-order chi connectivity index (χ1) is 14.4. The Morgan fingerprint density at radius 3 is 1.00 bits per heavy atom. The van der Waals surface area contributed by atoms with Crippen LogP contribution in [0.5, 0.6) is 0 Å². The van der Waals surface area contributed by atoms with Crippen LogP contribution in [0.15, 0.2) is 121 Å². The standard InChI is InChI=1S/C16H10.C12H10I.H2S/c1-3-11-7-9-13-5-2-6-14-10-8-12(4-1)15(11)16(13)14;1-3-7-11(8-4-1)13-12-9-5-2-6-10-12;/h1-10H;1-10H;1H2/q;-1;. The fourth-order valence-corrected chi connectivity index (χ4v) is 6.02. The molecule has 0 spiro atoms. The van der Waals surface area contributed by atoms with Crippen LogP contribution in [0.2, 0.25) is 0 Å². The minimum atomic E-state index is 0. The predicted octanol–water partition coefficient (Wildman–Crippen LogP) is 4.51. The summed E-state index contributed by atoms with van der Waals surface area (Å²) in [6, 6.07) is 43.3. The Morgan fingerprint density at radius 1 is 0.333 bits per heavy atom. The van der Waals surface area contributed by atoms with Gasteiger partial charge >= 0.3 is 89.0 Å². The second kappa shape index (κ2) is 9.50. The Hall–Kier alpha value is -2.56. The molecular weight excluding hydrogens is 495 g/mol. The van der Waals surface area contributed by atoms with Crippen LogP contribution in [-0.2, 0) is 0 Å². The Balaban J connectivity index is 0.000000144. The van der Waals surface area contributed by atoms with Crippen molar-refractivity contribution in [3.05, 3.63) is 128 Å². The Kier molecular flexibility index (Phi) is 6.56. The molecule has 0 N–H and O–H groups in total. The van der Waals surface area contributed by atoms with Crippen molar-refractivity contribution in [1.82, 2.24) is 0 Å². The van der Waals surface area contributed by atoms with Crippen LogP contribution in [0.1, 0.15) is 0 Å². The van der Waals surface area contributed by atoms with Gasteiger partial charge in [0, 0.05) is 0 Å². The maximum atomic E-state index is 2.21. The van der Waals surface area contributed by atoms with E-state index in [2.05, 4.69) is 121 Å². The normalized spacial score (nSPS) is 10.7. The molecule has 0 aliphatic rings. The molecule has 0 amide bonds. The molecular formula is C28H22IS-. The van der Waals surface area contributed by atoms with Crippen molar-refractivity contribution in [1.29, 1.82) is 0 Å². The molecule has 6 aromatic carbocycles. The summed E-state index contributed by atoms with van der Waals surface area (Å²) in [6.45, 7) is 0. The van der Waals surface area contributed by atoms with E-state index in [1.165, 1.54) is 39.5 Å². The summed E-state index contributed by atoms with van der Waals surface area (Å²) in [5.74, 6) is 0. The maximum absolute atomic E-state index is 2.21. The number of hydrogen-bond donors (Lipinski definition) is 0. The van der Waals surface area contributed by atoms with Crippen molar-refractivity contribution in [2.24, 2.45) is 0 Å². The first kappa shape index (κ1) is 20.7. The van der Waals surface area contributed by atoms with E-state index < -0.39 is 0 Å². The third-order valence-electron chi connectivity index (χ3n) is 5.08. The summed E-state index contributed by atoms with van der Waals surface area (Å²) >= 11 is 0.0287. The quantitative estimate of drug-likeness (QED) is 0.234. The first-order valence-corrected chi connectivity index (χ1v) is 11.9. The molecule has 30 heavy (non-hydrogen) atoms. The van der Waals surface area contributed by atoms with Gasteiger partial charge in [0.25, 0.3) is 0 Å². The summed E-state index contributed by atoms with van der Waals surface area (Å²) in [5.41, 5.74) is 0. The van der Waals surface area contributed by atoms with Gasteiger partial charge < -0.3 is 0 Å². The van der Waals surface area contributed by atoms with Gasteiger partial charge in [0.2, 0.25) is 0 Å². The average molecular weight is 517 g/mol. The molecule has 0 aromatic heterocycles. The molecule has 0 bridgehead atoms. The van der Waals surface area contributed by atoms with Crippen LogP contribution in [-0.4, -0.2) is 0 Å². The number of rotatable bonds is 2. The van der Waals surface area contributed by atoms with E-state index in [4.69, 9.17) is 0 Å². The van der Waals surface area contributed by atoms with Gasteiger partial charge in [-0.1, -0.05) is 60.7 Å². The van der Waals surface area contributed by atoms with E-state index in [1.54, 1.807) is 0 Å². The van der Waals surface area contributed by atoms with Crippen molar-refractivity contribution in [3.8, 4) is 0 Å². The van der Waals surface area contributed by atoms with Crippen LogP contribution in [0, 0.1) is 7.14 Å². The van der Waals surface area contributed by atoms with Gasteiger partial charge in [0.1, 0.15) is 0 Å². The molecule has 0 unspecified atom stereocenters. The van der Waals surface area contributed by atoms with E-state index in [9.17, 15) is 0 Å². The van der Waals surface area contributed by atoms with Gasteiger partial charge in [-0.3, -0.25) is 0 Å². The number of halogens is 1. The van der Waals surface area contributed by atoms with Crippen molar-refractivity contribution in [2.75, 3.05) is 0 Å². The van der Waals surface area contributed by atoms with Crippen LogP contribution < -0.4 is 21.2 Å². The van der Waals surface area contributed by atoms with Crippen molar-refractivity contribution in [2.45, 2.75) is 0 Å². The average Bonchev–Trinajstić information content (AvgIpc) is 2.80. The Labute approximate surface area is 194 Å². The van der Waals surface area contributed by atoms with Crippen molar-refractivity contribution >= 4 is 45.8 Å². The van der Waals surface area contributed by atoms with Gasteiger partial charge in [-0.2, -0.15) is 13.5 Å². The topological polar surface area (TPSA) is 0 Å². The molecule has 0 heterocycles. The number of benzene rings is 6. The molecule has 0 aliphatic carbocycles. The number of hydrogen-bond acceptors (Lipinski definition) is 0. The SMILES string of the molecule is S.c1cc2ccc3cccc4ccc(c1)c2c34.c1ccc([I-]c2ccccc2)cc1. The summed E-state index contributed by atoms with van der Waals surface area (Å²) in [6.07, 6.45) is 0. The molecule has 0 atom stereocenters. The van der Waals surface area contributed by atoms with Gasteiger partial charge in [-0.15, -0.1) is 0 Å². The zero-order valence-corrected chi connectivity index (χ0v) is 19.6. The zero-order valence-electron chi connectivity index (χ0n) is 16.4. The zero-order chi connectivity index (χ0) is 19.5. The summed E-state index contributed by atoms with van der Waals surface area (Å²) in [4.78, 5) is 0. The molecule has 148 valence electrons. The van der Waals surface area contributed by atoms with E-state index in [1.807, 2.05) is 0 Å². The molecule has 0 fully saturated rings. The fraction of sp³-hybridized carbons (Fsp3) is 0. The van der Waals surface area contributed by atoms with Crippen molar-refractivity contribution < 1.29 is 21.2 Å². The van der Waals surface area contributed by atoms with Gasteiger partial charge in [0.05, 0.1) is 0 Å². The van der Waals surface area contributed by atoms with Gasteiger partial charge in [-0.05, 0) is 32.3 Å². The van der Waals surface area contributed by atoms with Crippen LogP contribution in [0.4, 0.5) is 0 Å². The summed E-state index contributed by atoms with van der Waals surface area (Å²) in [7, 11) is 0. The first-order valence-electron chi connectivity index (χ1n) is 9.76. The molecule has 0 radical (unpaired) electrons. The molecule has 2 heteroatoms. The summed E-state index contributed by atoms with van der Waals surface area (Å²) < 4.78 is 2.96. The van der Waals surface area contributed by atoms with E-state index >= 15 is 0 Å². The Morgan fingerprint density at radius 2 is 0.667 bits per heavy atom. The fourth-order valence-electron chi connectivity index (χ4n) is 3.75. The molecule has 0 aliphatic heterocycles. The third-order valence-corrected chi connectivity index (χ3v) is 7.76. The minimum absolute atomic E-state index is 0. The van der Waals surface area contributed by atoms with E-state index in [-0.39, 0.29) is 34.7 Å². The van der Waals surface area contributed by atoms with E-state index in [0.29, 0.717) is 0 Å². The molecule has 0 saturated heterocycles. The van der Waals surface area contributed by atoms with Crippen LogP contribution in [0.3, 0.4) is 0 Å². The van der Waals surface area contributed by atoms with Gasteiger partial charge in [0.15, 0.2) is 0 Å². The second-order valence-electron chi connectivity index (χ2n) is 6.98. The predicted molar refractivity (Wildman–Crippen MR) is 131 cm³/mol. The monoisotopic (exact) mass is 517 g/mol. The molecule has 0 nitrogen and oxygen atoms in total. The van der Waals surface area contributed by atoms with Crippen molar-refractivity contribution in [3.63, 3.8) is 0 Å². The van der Waals surface area contributed by atoms with Crippen LogP contribution >= 0.6 is 13.5 Å². The molecule has 6 rings (SSSR count). The third kappa shape index (κ3) is 4.30. The Bertz CT molecular complexity index is 1190. The second-order valence-corrected chi connectivity index (χ2v) is 10.0. The summed E-state index contributed by atoms with van der Waals surface area (Å²) in [5, 5.41) is 8.14. The van der Waals surface area contributed by atoms with E-state index in [0.717, 1.165) is 0 Å².